The highest BCUT2D eigenvalue weighted by molar-refractivity contribution is 6.32. The lowest BCUT2D eigenvalue weighted by atomic mass is 9.85. The smallest absolute Gasteiger partial charge is 0.319 e. The summed E-state index contributed by atoms with van der Waals surface area (Å²) in [5.41, 5.74) is -0.602. The lowest BCUT2D eigenvalue weighted by Crippen LogP contribution is -2.43. The molecule has 1 aromatic rings. The van der Waals surface area contributed by atoms with Crippen LogP contribution in [0, 0.1) is 16.0 Å². The van der Waals surface area contributed by atoms with Crippen molar-refractivity contribution in [3.05, 3.63) is 33.1 Å². The van der Waals surface area contributed by atoms with Crippen molar-refractivity contribution < 1.29 is 14.8 Å². The van der Waals surface area contributed by atoms with E-state index in [1.165, 1.54) is 12.3 Å². The second-order valence-electron chi connectivity index (χ2n) is 5.06. The molecule has 0 bridgehead atoms. The number of nitrogens with one attached hydrogen (secondary N) is 1. The van der Waals surface area contributed by atoms with E-state index in [0.29, 0.717) is 0 Å². The van der Waals surface area contributed by atoms with Gasteiger partial charge in [-0.15, -0.1) is 0 Å². The van der Waals surface area contributed by atoms with Crippen LogP contribution in [0.2, 0.25) is 5.15 Å². The fraction of sp³-hybridized carbons (Fsp3) is 0.538. The molecular weight excluding hydrogens is 298 g/mol. The highest BCUT2D eigenvalue weighted by Crippen LogP contribution is 2.28. The number of nitrogens with zero attached hydrogens (tertiary/aromatic N) is 2. The number of hydrogen-bond donors (Lipinski definition) is 2. The molecule has 0 aliphatic heterocycles. The molecule has 7 nitrogen and oxygen atoms in total. The molecule has 0 saturated heterocycles. The lowest BCUT2D eigenvalue weighted by molar-refractivity contribution is -0.385. The first-order valence-corrected chi connectivity index (χ1v) is 7.13. The van der Waals surface area contributed by atoms with Gasteiger partial charge in [0.1, 0.15) is 5.56 Å². The van der Waals surface area contributed by atoms with Crippen LogP contribution >= 0.6 is 11.6 Å². The molecule has 0 radical (unpaired) electrons. The molecule has 1 fully saturated rings. The van der Waals surface area contributed by atoms with Crippen LogP contribution in [0.5, 0.6) is 0 Å². The van der Waals surface area contributed by atoms with Crippen LogP contribution in [-0.2, 0) is 0 Å². The van der Waals surface area contributed by atoms with Gasteiger partial charge in [-0.1, -0.05) is 24.4 Å². The Balaban J connectivity index is 2.20. The molecule has 21 heavy (non-hydrogen) atoms. The topological polar surface area (TPSA) is 105 Å². The van der Waals surface area contributed by atoms with E-state index in [1.54, 1.807) is 0 Å². The number of rotatable bonds is 4. The number of aliphatic hydroxyl groups excluding tert-OH is 1. The molecule has 8 heteroatoms. The van der Waals surface area contributed by atoms with Gasteiger partial charge in [0.2, 0.25) is 5.15 Å². The van der Waals surface area contributed by atoms with Crippen molar-refractivity contribution >= 4 is 23.2 Å². The van der Waals surface area contributed by atoms with Crippen molar-refractivity contribution in [3.63, 3.8) is 0 Å². The molecule has 2 rings (SSSR count). The zero-order chi connectivity index (χ0) is 15.4. The normalized spacial score (nSPS) is 21.8. The molecule has 2 unspecified atom stereocenters. The van der Waals surface area contributed by atoms with Crippen molar-refractivity contribution in [1.82, 2.24) is 10.3 Å². The Labute approximate surface area is 126 Å². The van der Waals surface area contributed by atoms with E-state index >= 15 is 0 Å². The van der Waals surface area contributed by atoms with Crippen LogP contribution in [-0.4, -0.2) is 33.6 Å². The number of carbonyl (C=O) groups excluding carboxylic acids is 1. The minimum atomic E-state index is -0.714. The Bertz CT molecular complexity index is 552. The standard InChI is InChI=1S/C13H16ClN3O4/c14-12-11(17(20)21)9(5-6-15-12)13(19)16-10-4-2-1-3-8(10)7-18/h5-6,8,10,18H,1-4,7H2,(H,16,19). The van der Waals surface area contributed by atoms with Gasteiger partial charge in [0.15, 0.2) is 0 Å². The van der Waals surface area contributed by atoms with Gasteiger partial charge >= 0.3 is 5.69 Å². The largest absolute Gasteiger partial charge is 0.396 e. The summed E-state index contributed by atoms with van der Waals surface area (Å²) in [5.74, 6) is -0.574. The maximum atomic E-state index is 12.3. The Hall–Kier alpha value is -1.73. The highest BCUT2D eigenvalue weighted by atomic mass is 35.5. The molecule has 2 N–H and O–H groups in total. The lowest BCUT2D eigenvalue weighted by Gasteiger charge is -2.30. The third-order valence-electron chi connectivity index (χ3n) is 3.77. The second-order valence-corrected chi connectivity index (χ2v) is 5.42. The molecular formula is C13H16ClN3O4. The van der Waals surface area contributed by atoms with E-state index in [-0.39, 0.29) is 29.3 Å². The molecule has 1 aromatic heterocycles. The average Bonchev–Trinajstić information content (AvgIpc) is 2.47. The summed E-state index contributed by atoms with van der Waals surface area (Å²) in [5, 5.41) is 22.8. The van der Waals surface area contributed by atoms with Gasteiger partial charge in [0.25, 0.3) is 5.91 Å². The highest BCUT2D eigenvalue weighted by Gasteiger charge is 2.30. The fourth-order valence-corrected chi connectivity index (χ4v) is 2.87. The maximum absolute atomic E-state index is 12.3. The summed E-state index contributed by atoms with van der Waals surface area (Å²) < 4.78 is 0. The first-order valence-electron chi connectivity index (χ1n) is 6.75. The van der Waals surface area contributed by atoms with E-state index in [9.17, 15) is 20.0 Å². The number of nitro groups is 1. The fourth-order valence-electron chi connectivity index (χ4n) is 2.65. The van der Waals surface area contributed by atoms with Gasteiger partial charge < -0.3 is 10.4 Å². The number of halogens is 1. The Morgan fingerprint density at radius 3 is 2.90 bits per heavy atom. The van der Waals surface area contributed by atoms with E-state index in [0.717, 1.165) is 25.7 Å². The maximum Gasteiger partial charge on any atom is 0.319 e. The summed E-state index contributed by atoms with van der Waals surface area (Å²) in [6.07, 6.45) is 4.82. The predicted molar refractivity (Wildman–Crippen MR) is 76.2 cm³/mol. The Kier molecular flexibility index (Phi) is 5.08. The minimum Gasteiger partial charge on any atom is -0.396 e. The number of amides is 1. The zero-order valence-electron chi connectivity index (χ0n) is 11.3. The van der Waals surface area contributed by atoms with Crippen LogP contribution in [0.25, 0.3) is 0 Å². The SMILES string of the molecule is O=C(NC1CCCCC1CO)c1ccnc(Cl)c1[N+](=O)[O-]. The van der Waals surface area contributed by atoms with Crippen molar-refractivity contribution in [2.45, 2.75) is 31.7 Å². The van der Waals surface area contributed by atoms with Crippen LogP contribution in [0.3, 0.4) is 0 Å². The Morgan fingerprint density at radius 1 is 1.52 bits per heavy atom. The van der Waals surface area contributed by atoms with Crippen molar-refractivity contribution in [2.75, 3.05) is 6.61 Å². The summed E-state index contributed by atoms with van der Waals surface area (Å²) in [6.45, 7) is -0.00978. The third-order valence-corrected chi connectivity index (χ3v) is 4.04. The quantitative estimate of drug-likeness (QED) is 0.502. The van der Waals surface area contributed by atoms with Crippen molar-refractivity contribution in [3.8, 4) is 0 Å². The summed E-state index contributed by atoms with van der Waals surface area (Å²) in [4.78, 5) is 26.2. The molecule has 1 amide bonds. The molecule has 1 heterocycles. The average molecular weight is 314 g/mol. The summed E-state index contributed by atoms with van der Waals surface area (Å²) in [6, 6.07) is 1.10. The van der Waals surface area contributed by atoms with Gasteiger partial charge in [0.05, 0.1) is 4.92 Å². The van der Waals surface area contributed by atoms with E-state index in [2.05, 4.69) is 10.3 Å². The first-order chi connectivity index (χ1) is 10.0. The number of hydrogen-bond acceptors (Lipinski definition) is 5. The first kappa shape index (κ1) is 15.7. The summed E-state index contributed by atoms with van der Waals surface area (Å²) in [7, 11) is 0. The number of pyridine rings is 1. The van der Waals surface area contributed by atoms with E-state index in [1.807, 2.05) is 0 Å². The van der Waals surface area contributed by atoms with Crippen molar-refractivity contribution in [1.29, 1.82) is 0 Å². The molecule has 1 saturated carbocycles. The number of aromatic nitrogens is 1. The van der Waals surface area contributed by atoms with E-state index in [4.69, 9.17) is 11.6 Å². The molecule has 1 aliphatic rings. The molecule has 0 spiro atoms. The Morgan fingerprint density at radius 2 is 2.24 bits per heavy atom. The van der Waals surface area contributed by atoms with Crippen LogP contribution < -0.4 is 5.32 Å². The van der Waals surface area contributed by atoms with E-state index < -0.39 is 16.5 Å². The number of carbonyl (C=O) groups is 1. The van der Waals surface area contributed by atoms with Gasteiger partial charge in [0, 0.05) is 24.8 Å². The van der Waals surface area contributed by atoms with Gasteiger partial charge in [-0.25, -0.2) is 4.98 Å². The van der Waals surface area contributed by atoms with Gasteiger partial charge in [-0.2, -0.15) is 0 Å². The molecule has 1 aliphatic carbocycles. The monoisotopic (exact) mass is 313 g/mol. The predicted octanol–water partition coefficient (Wildman–Crippen LogP) is 1.92. The third kappa shape index (κ3) is 3.48. The summed E-state index contributed by atoms with van der Waals surface area (Å²) >= 11 is 5.69. The van der Waals surface area contributed by atoms with Crippen molar-refractivity contribution in [2.24, 2.45) is 5.92 Å². The van der Waals surface area contributed by atoms with Crippen LogP contribution in [0.4, 0.5) is 5.69 Å². The minimum absolute atomic E-state index is 0.00978. The van der Waals surface area contributed by atoms with Crippen LogP contribution in [0.15, 0.2) is 12.3 Å². The number of aliphatic hydroxyl groups is 1. The zero-order valence-corrected chi connectivity index (χ0v) is 12.0. The molecule has 0 aromatic carbocycles. The molecule has 2 atom stereocenters. The van der Waals surface area contributed by atoms with Crippen LogP contribution in [0.1, 0.15) is 36.0 Å². The molecule has 114 valence electrons. The van der Waals surface area contributed by atoms with Gasteiger partial charge in [-0.05, 0) is 18.9 Å². The second kappa shape index (κ2) is 6.82. The van der Waals surface area contributed by atoms with Gasteiger partial charge in [-0.3, -0.25) is 14.9 Å².